The predicted octanol–water partition coefficient (Wildman–Crippen LogP) is 3.29. The molecular weight excluding hydrogens is 411 g/mol. The Bertz CT molecular complexity index is 927. The molecule has 0 aliphatic carbocycles. The van der Waals surface area contributed by atoms with Crippen molar-refractivity contribution >= 4 is 21.6 Å². The van der Waals surface area contributed by atoms with Crippen LogP contribution in [0.25, 0.3) is 0 Å². The summed E-state index contributed by atoms with van der Waals surface area (Å²) < 4.78 is 51.2. The van der Waals surface area contributed by atoms with Crippen LogP contribution in [-0.4, -0.2) is 40.4 Å². The molecule has 0 saturated carbocycles. The molecule has 1 aliphatic heterocycles. The standard InChI is InChI=1S/C21H25FN2O5S/c22-17-7-9-18(10-8-17)24-30(26,27)19-11-5-16(6-12-19)21(25)23-13-3-15-29-20-4-1-2-14-28-20/h5-12,20,24H,1-4,13-15H2,(H,23,25)/t20-/m1/s1. The fourth-order valence-electron chi connectivity index (χ4n) is 2.95. The number of amides is 1. The summed E-state index contributed by atoms with van der Waals surface area (Å²) in [6.45, 7) is 1.67. The van der Waals surface area contributed by atoms with Gasteiger partial charge in [0.15, 0.2) is 6.29 Å². The minimum atomic E-state index is -3.84. The molecule has 0 aromatic heterocycles. The van der Waals surface area contributed by atoms with Gasteiger partial charge in [0.25, 0.3) is 15.9 Å². The van der Waals surface area contributed by atoms with E-state index < -0.39 is 15.8 Å². The fraction of sp³-hybridized carbons (Fsp3) is 0.381. The van der Waals surface area contributed by atoms with E-state index >= 15 is 0 Å². The molecule has 1 saturated heterocycles. The molecule has 0 unspecified atom stereocenters. The van der Waals surface area contributed by atoms with E-state index in [0.717, 1.165) is 25.9 Å². The van der Waals surface area contributed by atoms with Crippen LogP contribution in [-0.2, 0) is 19.5 Å². The van der Waals surface area contributed by atoms with Gasteiger partial charge in [0.2, 0.25) is 0 Å². The first-order valence-electron chi connectivity index (χ1n) is 9.84. The van der Waals surface area contributed by atoms with Gasteiger partial charge in [-0.05, 0) is 74.2 Å². The lowest BCUT2D eigenvalue weighted by molar-refractivity contribution is -0.162. The number of carbonyl (C=O) groups excluding carboxylic acids is 1. The molecule has 1 aliphatic rings. The first-order valence-corrected chi connectivity index (χ1v) is 11.3. The van der Waals surface area contributed by atoms with E-state index in [0.29, 0.717) is 25.1 Å². The molecule has 2 aromatic carbocycles. The van der Waals surface area contributed by atoms with Crippen molar-refractivity contribution in [3.63, 3.8) is 0 Å². The van der Waals surface area contributed by atoms with Crippen molar-refractivity contribution in [1.29, 1.82) is 0 Å². The number of hydrogen-bond acceptors (Lipinski definition) is 5. The Hall–Kier alpha value is -2.49. The number of sulfonamides is 1. The van der Waals surface area contributed by atoms with Crippen LogP contribution in [0.2, 0.25) is 0 Å². The zero-order valence-corrected chi connectivity index (χ0v) is 17.3. The summed E-state index contributed by atoms with van der Waals surface area (Å²) in [5, 5.41) is 2.78. The van der Waals surface area contributed by atoms with E-state index in [-0.39, 0.29) is 22.8 Å². The maximum absolute atomic E-state index is 13.0. The van der Waals surface area contributed by atoms with Crippen molar-refractivity contribution in [2.75, 3.05) is 24.5 Å². The molecule has 2 aromatic rings. The van der Waals surface area contributed by atoms with Crippen LogP contribution < -0.4 is 10.0 Å². The van der Waals surface area contributed by atoms with Crippen molar-refractivity contribution in [3.05, 3.63) is 59.9 Å². The summed E-state index contributed by atoms with van der Waals surface area (Å²) in [6.07, 6.45) is 3.58. The number of nitrogens with one attached hydrogen (secondary N) is 2. The van der Waals surface area contributed by atoms with Gasteiger partial charge in [-0.25, -0.2) is 12.8 Å². The minimum Gasteiger partial charge on any atom is -0.353 e. The third-order valence-electron chi connectivity index (χ3n) is 4.57. The second-order valence-electron chi connectivity index (χ2n) is 6.91. The first-order chi connectivity index (χ1) is 14.4. The highest BCUT2D eigenvalue weighted by Crippen LogP contribution is 2.17. The summed E-state index contributed by atoms with van der Waals surface area (Å²) in [5.41, 5.74) is 0.603. The van der Waals surface area contributed by atoms with Crippen LogP contribution in [0, 0.1) is 5.82 Å². The first kappa shape index (κ1) is 22.2. The SMILES string of the molecule is O=C(NCCCO[C@@H]1CCCCO1)c1ccc(S(=O)(=O)Nc2ccc(F)cc2)cc1. The summed E-state index contributed by atoms with van der Waals surface area (Å²) in [5.74, 6) is -0.749. The van der Waals surface area contributed by atoms with Gasteiger partial charge in [-0.15, -0.1) is 0 Å². The third kappa shape index (κ3) is 6.51. The van der Waals surface area contributed by atoms with Gasteiger partial charge < -0.3 is 14.8 Å². The molecule has 7 nitrogen and oxygen atoms in total. The van der Waals surface area contributed by atoms with Crippen molar-refractivity contribution in [1.82, 2.24) is 5.32 Å². The highest BCUT2D eigenvalue weighted by atomic mass is 32.2. The van der Waals surface area contributed by atoms with Crippen LogP contribution in [0.4, 0.5) is 10.1 Å². The molecular formula is C21H25FN2O5S. The summed E-state index contributed by atoms with van der Waals surface area (Å²) in [4.78, 5) is 12.2. The molecule has 0 radical (unpaired) electrons. The van der Waals surface area contributed by atoms with Crippen molar-refractivity contribution in [2.24, 2.45) is 0 Å². The highest BCUT2D eigenvalue weighted by Gasteiger charge is 2.16. The molecule has 0 bridgehead atoms. The number of benzene rings is 2. The Labute approximate surface area is 175 Å². The zero-order chi connectivity index (χ0) is 21.4. The number of carbonyl (C=O) groups is 1. The Morgan fingerprint density at radius 1 is 1.10 bits per heavy atom. The molecule has 9 heteroatoms. The van der Waals surface area contributed by atoms with E-state index in [1.165, 1.54) is 48.5 Å². The second kappa shape index (κ2) is 10.5. The van der Waals surface area contributed by atoms with Crippen molar-refractivity contribution < 1.29 is 27.1 Å². The van der Waals surface area contributed by atoms with Gasteiger partial charge in [-0.3, -0.25) is 9.52 Å². The Morgan fingerprint density at radius 2 is 1.83 bits per heavy atom. The van der Waals surface area contributed by atoms with E-state index in [1.807, 2.05) is 0 Å². The van der Waals surface area contributed by atoms with Gasteiger partial charge in [0, 0.05) is 24.4 Å². The van der Waals surface area contributed by atoms with Crippen LogP contribution >= 0.6 is 0 Å². The normalized spacial score (nSPS) is 16.8. The largest absolute Gasteiger partial charge is 0.353 e. The molecule has 1 fully saturated rings. The second-order valence-corrected chi connectivity index (χ2v) is 8.60. The fourth-order valence-corrected chi connectivity index (χ4v) is 4.01. The topological polar surface area (TPSA) is 93.7 Å². The minimum absolute atomic E-state index is 0.00394. The summed E-state index contributed by atoms with van der Waals surface area (Å²) >= 11 is 0. The Morgan fingerprint density at radius 3 is 2.50 bits per heavy atom. The van der Waals surface area contributed by atoms with Gasteiger partial charge >= 0.3 is 0 Å². The zero-order valence-electron chi connectivity index (χ0n) is 16.5. The quantitative estimate of drug-likeness (QED) is 0.589. The van der Waals surface area contributed by atoms with E-state index in [4.69, 9.17) is 9.47 Å². The number of anilines is 1. The maximum atomic E-state index is 13.0. The smallest absolute Gasteiger partial charge is 0.261 e. The monoisotopic (exact) mass is 436 g/mol. The molecule has 30 heavy (non-hydrogen) atoms. The van der Waals surface area contributed by atoms with Gasteiger partial charge in [-0.2, -0.15) is 0 Å². The lowest BCUT2D eigenvalue weighted by Gasteiger charge is -2.22. The predicted molar refractivity (Wildman–Crippen MR) is 110 cm³/mol. The molecule has 1 amide bonds. The van der Waals surface area contributed by atoms with E-state index in [1.54, 1.807) is 0 Å². The molecule has 1 atom stereocenters. The number of hydrogen-bond donors (Lipinski definition) is 2. The summed E-state index contributed by atoms with van der Waals surface area (Å²) in [7, 11) is -3.84. The summed E-state index contributed by atoms with van der Waals surface area (Å²) in [6, 6.07) is 10.6. The van der Waals surface area contributed by atoms with Crippen molar-refractivity contribution in [2.45, 2.75) is 36.9 Å². The van der Waals surface area contributed by atoms with Crippen LogP contribution in [0.15, 0.2) is 53.4 Å². The average Bonchev–Trinajstić information content (AvgIpc) is 2.76. The Kier molecular flexibility index (Phi) is 7.78. The molecule has 162 valence electrons. The molecule has 2 N–H and O–H groups in total. The van der Waals surface area contributed by atoms with Crippen LogP contribution in [0.1, 0.15) is 36.0 Å². The van der Waals surface area contributed by atoms with E-state index in [9.17, 15) is 17.6 Å². The lowest BCUT2D eigenvalue weighted by Crippen LogP contribution is -2.27. The molecule has 1 heterocycles. The van der Waals surface area contributed by atoms with Gasteiger partial charge in [-0.1, -0.05) is 0 Å². The number of ether oxygens (including phenoxy) is 2. The van der Waals surface area contributed by atoms with Crippen LogP contribution in [0.5, 0.6) is 0 Å². The highest BCUT2D eigenvalue weighted by molar-refractivity contribution is 7.92. The lowest BCUT2D eigenvalue weighted by atomic mass is 10.2. The van der Waals surface area contributed by atoms with Crippen LogP contribution in [0.3, 0.4) is 0 Å². The van der Waals surface area contributed by atoms with E-state index in [2.05, 4.69) is 10.0 Å². The average molecular weight is 437 g/mol. The van der Waals surface area contributed by atoms with Crippen molar-refractivity contribution in [3.8, 4) is 0 Å². The van der Waals surface area contributed by atoms with Gasteiger partial charge in [0.1, 0.15) is 5.82 Å². The molecule has 3 rings (SSSR count). The third-order valence-corrected chi connectivity index (χ3v) is 5.97. The Balaban J connectivity index is 1.45. The molecule has 0 spiro atoms. The number of rotatable bonds is 9. The maximum Gasteiger partial charge on any atom is 0.261 e. The van der Waals surface area contributed by atoms with Gasteiger partial charge in [0.05, 0.1) is 11.5 Å². The number of halogens is 1.